The summed E-state index contributed by atoms with van der Waals surface area (Å²) in [5.41, 5.74) is 0. The maximum absolute atomic E-state index is 8.28. The molecule has 0 aromatic heterocycles. The Hall–Kier alpha value is 1.30. The van der Waals surface area contributed by atoms with Gasteiger partial charge in [-0.3, -0.25) is 0 Å². The molecule has 0 spiro atoms. The number of rotatable bonds is 0. The zero-order valence-electron chi connectivity index (χ0n) is 4.20. The fraction of sp³-hybridized carbons (Fsp3) is 0. The van der Waals surface area contributed by atoms with Crippen molar-refractivity contribution >= 4 is 33.2 Å². The first-order valence-electron chi connectivity index (χ1n) is 0.289. The van der Waals surface area contributed by atoms with Gasteiger partial charge in [-0.15, -0.1) is 0 Å². The van der Waals surface area contributed by atoms with E-state index in [9.17, 15) is 0 Å². The third-order valence-electron chi connectivity index (χ3n) is 0. The van der Waals surface area contributed by atoms with E-state index in [2.05, 4.69) is 0 Å². The van der Waals surface area contributed by atoms with Gasteiger partial charge < -0.3 is 7.32 Å². The molecule has 0 aliphatic heterocycles. The van der Waals surface area contributed by atoms with Gasteiger partial charge in [0.25, 0.3) is 0 Å². The molecule has 0 rings (SSSR count). The first kappa shape index (κ1) is 18.5. The Kier molecular flexibility index (Phi) is 128. The monoisotopic (exact) mass is 127 g/mol. The molecule has 4 heteroatoms. The minimum atomic E-state index is 0. The van der Waals surface area contributed by atoms with Crippen molar-refractivity contribution in [1.29, 1.82) is 0 Å². The van der Waals surface area contributed by atoms with Gasteiger partial charge in [0.1, 0.15) is 0 Å². The Balaban J connectivity index is -0.000000000833. The molecule has 4 heavy (non-hydrogen) atoms. The van der Waals surface area contributed by atoms with Crippen molar-refractivity contribution in [3.8, 4) is 0 Å². The van der Waals surface area contributed by atoms with Gasteiger partial charge in [-0.05, 0) is 0 Å². The van der Waals surface area contributed by atoms with Crippen LogP contribution < -0.4 is 0 Å². The summed E-state index contributed by atoms with van der Waals surface area (Å²) in [6.45, 7) is 0. The first-order valence-corrected chi connectivity index (χ1v) is 0.866. The van der Waals surface area contributed by atoms with Crippen molar-refractivity contribution in [2.24, 2.45) is 0 Å². The Morgan fingerprint density at radius 3 is 1.50 bits per heavy atom. The molecule has 0 heterocycles. The second kappa shape index (κ2) is 27.7. The molecule has 0 saturated carbocycles. The van der Waals surface area contributed by atoms with E-state index < -0.39 is 0 Å². The predicted octanol–water partition coefficient (Wildman–Crippen LogP) is -1.19. The third kappa shape index (κ3) is 10.3. The SMILES string of the molecule is O=[SiH2].[H-].[H-].[Mg+2].[Mn]. The molecule has 0 aromatic rings. The summed E-state index contributed by atoms with van der Waals surface area (Å²) in [4.78, 5) is 0. The van der Waals surface area contributed by atoms with E-state index in [0.717, 1.165) is 0 Å². The second-order valence-electron chi connectivity index (χ2n) is 0. The van der Waals surface area contributed by atoms with Crippen molar-refractivity contribution in [2.75, 3.05) is 0 Å². The van der Waals surface area contributed by atoms with E-state index in [1.807, 2.05) is 0 Å². The van der Waals surface area contributed by atoms with Crippen LogP contribution in [0.5, 0.6) is 0 Å². The summed E-state index contributed by atoms with van der Waals surface area (Å²) >= 11 is 0. The van der Waals surface area contributed by atoms with Crippen LogP contribution in [0, 0.1) is 0 Å². The van der Waals surface area contributed by atoms with E-state index in [1.54, 1.807) is 0 Å². The Morgan fingerprint density at radius 1 is 1.50 bits per heavy atom. The molecular weight excluding hydrogens is 123 g/mol. The second-order valence-corrected chi connectivity index (χ2v) is 0. The van der Waals surface area contributed by atoms with E-state index >= 15 is 0 Å². The van der Waals surface area contributed by atoms with Gasteiger partial charge >= 0.3 is 23.1 Å². The van der Waals surface area contributed by atoms with E-state index in [4.69, 9.17) is 4.46 Å². The molecule has 0 amide bonds. The largest absolute Gasteiger partial charge is 2.00 e. The molecule has 0 atom stereocenters. The molecule has 0 unspecified atom stereocenters. The molecule has 1 radical (unpaired) electrons. The van der Waals surface area contributed by atoms with Gasteiger partial charge in [-0.1, -0.05) is 0 Å². The predicted molar refractivity (Wildman–Crippen MR) is 17.2 cm³/mol. The fourth-order valence-corrected chi connectivity index (χ4v) is 0. The maximum atomic E-state index is 8.28. The summed E-state index contributed by atoms with van der Waals surface area (Å²) in [5, 5.41) is 0. The average Bonchev–Trinajstić information content (AvgIpc) is 1.00. The van der Waals surface area contributed by atoms with E-state index in [0.29, 0.717) is 10.1 Å². The number of hydrogen-bond donors (Lipinski definition) is 0. The molecular formula is H4MgMnOSi. The van der Waals surface area contributed by atoms with Crippen molar-refractivity contribution in [2.45, 2.75) is 0 Å². The standard InChI is InChI=1S/Mg.Mn.H2OSi.2H/c;;1-2;;/h;;2H2;;/q+2;;;2*-1. The zero-order valence-corrected chi connectivity index (χ0v) is 6.21. The van der Waals surface area contributed by atoms with Crippen LogP contribution in [0.25, 0.3) is 0 Å². The Labute approximate surface area is 57.6 Å². The topological polar surface area (TPSA) is 17.1 Å². The summed E-state index contributed by atoms with van der Waals surface area (Å²) < 4.78 is 8.28. The van der Waals surface area contributed by atoms with Crippen LogP contribution in [-0.2, 0) is 21.5 Å². The van der Waals surface area contributed by atoms with Crippen molar-refractivity contribution in [3.05, 3.63) is 0 Å². The molecule has 1 nitrogen and oxygen atoms in total. The minimum absolute atomic E-state index is 0. The van der Waals surface area contributed by atoms with Gasteiger partial charge in [-0.25, -0.2) is 0 Å². The summed E-state index contributed by atoms with van der Waals surface area (Å²) in [7, 11) is 0.611. The first-order chi connectivity index (χ1) is 1.00. The molecule has 0 bridgehead atoms. The summed E-state index contributed by atoms with van der Waals surface area (Å²) in [6, 6.07) is 0. The summed E-state index contributed by atoms with van der Waals surface area (Å²) in [6.07, 6.45) is 0. The van der Waals surface area contributed by atoms with Gasteiger partial charge in [0.15, 0.2) is 0 Å². The van der Waals surface area contributed by atoms with Gasteiger partial charge in [0.2, 0.25) is 10.1 Å². The molecule has 0 N–H and O–H groups in total. The molecule has 0 fully saturated rings. The van der Waals surface area contributed by atoms with Gasteiger partial charge in [-0.2, -0.15) is 0 Å². The van der Waals surface area contributed by atoms with E-state index in [1.165, 1.54) is 0 Å². The average molecular weight is 127 g/mol. The third-order valence-corrected chi connectivity index (χ3v) is 0. The van der Waals surface area contributed by atoms with Gasteiger partial charge in [0.05, 0.1) is 0 Å². The quantitative estimate of drug-likeness (QED) is 0.374. The number of hydrogen-bond acceptors (Lipinski definition) is 1. The molecule has 0 aliphatic carbocycles. The molecule has 0 aliphatic rings. The summed E-state index contributed by atoms with van der Waals surface area (Å²) in [5.74, 6) is 0. The van der Waals surface area contributed by atoms with Crippen LogP contribution in [-0.4, -0.2) is 33.2 Å². The molecule has 0 aromatic carbocycles. The van der Waals surface area contributed by atoms with E-state index in [-0.39, 0.29) is 43.0 Å². The smallest absolute Gasteiger partial charge is 1.00 e. The molecule has 0 saturated heterocycles. The maximum Gasteiger partial charge on any atom is 2.00 e. The van der Waals surface area contributed by atoms with Crippen LogP contribution >= 0.6 is 0 Å². The molecule has 23 valence electrons. The van der Waals surface area contributed by atoms with Crippen LogP contribution in [0.2, 0.25) is 0 Å². The minimum Gasteiger partial charge on any atom is -1.00 e. The van der Waals surface area contributed by atoms with Gasteiger partial charge in [0, 0.05) is 17.1 Å². The van der Waals surface area contributed by atoms with Crippen LogP contribution in [0.15, 0.2) is 0 Å². The Morgan fingerprint density at radius 2 is 1.50 bits per heavy atom. The van der Waals surface area contributed by atoms with Crippen LogP contribution in [0.3, 0.4) is 0 Å². The van der Waals surface area contributed by atoms with Crippen molar-refractivity contribution in [3.63, 3.8) is 0 Å². The normalized spacial score (nSPS) is 1.00. The zero-order chi connectivity index (χ0) is 2.00. The van der Waals surface area contributed by atoms with Crippen LogP contribution in [0.1, 0.15) is 2.85 Å². The Bertz CT molecular complexity index is 13.5. The van der Waals surface area contributed by atoms with Crippen LogP contribution in [0.4, 0.5) is 0 Å². The fourth-order valence-electron chi connectivity index (χ4n) is 0. The van der Waals surface area contributed by atoms with Crippen molar-refractivity contribution in [1.82, 2.24) is 0 Å². The van der Waals surface area contributed by atoms with Crippen molar-refractivity contribution < 1.29 is 24.4 Å².